The summed E-state index contributed by atoms with van der Waals surface area (Å²) in [5.74, 6) is 0.986. The highest BCUT2D eigenvalue weighted by atomic mass is 79.9. The third-order valence-electron chi connectivity index (χ3n) is 3.54. The number of aromatic nitrogens is 2. The molecule has 86 valence electrons. The molecule has 16 heavy (non-hydrogen) atoms. The molecule has 2 saturated heterocycles. The summed E-state index contributed by atoms with van der Waals surface area (Å²) < 4.78 is 6.19. The second-order valence-corrected chi connectivity index (χ2v) is 5.48. The first kappa shape index (κ1) is 10.5. The van der Waals surface area contributed by atoms with Crippen LogP contribution in [0, 0.1) is 5.41 Å². The van der Waals surface area contributed by atoms with Crippen molar-refractivity contribution in [2.75, 3.05) is 31.2 Å². The van der Waals surface area contributed by atoms with Crippen LogP contribution >= 0.6 is 15.9 Å². The van der Waals surface area contributed by atoms with Crippen LogP contribution in [0.3, 0.4) is 0 Å². The molecule has 0 amide bonds. The average molecular weight is 284 g/mol. The molecule has 3 heterocycles. The van der Waals surface area contributed by atoms with Gasteiger partial charge in [0.05, 0.1) is 12.4 Å². The van der Waals surface area contributed by atoms with Crippen molar-refractivity contribution in [3.8, 4) is 0 Å². The highest BCUT2D eigenvalue weighted by Gasteiger charge is 2.44. The van der Waals surface area contributed by atoms with E-state index >= 15 is 0 Å². The lowest BCUT2D eigenvalue weighted by Crippen LogP contribution is -2.58. The Morgan fingerprint density at radius 2 is 1.94 bits per heavy atom. The Kier molecular flexibility index (Phi) is 2.59. The van der Waals surface area contributed by atoms with Gasteiger partial charge < -0.3 is 9.64 Å². The van der Waals surface area contributed by atoms with Crippen molar-refractivity contribution in [1.29, 1.82) is 0 Å². The Morgan fingerprint density at radius 3 is 2.56 bits per heavy atom. The van der Waals surface area contributed by atoms with Crippen LogP contribution in [-0.4, -0.2) is 36.3 Å². The summed E-state index contributed by atoms with van der Waals surface area (Å²) in [4.78, 5) is 10.9. The Balaban J connectivity index is 1.66. The lowest BCUT2D eigenvalue weighted by Gasteiger charge is -2.52. The van der Waals surface area contributed by atoms with Gasteiger partial charge in [0.15, 0.2) is 0 Å². The number of nitrogens with zero attached hydrogens (tertiary/aromatic N) is 3. The lowest BCUT2D eigenvalue weighted by molar-refractivity contribution is -0.000476. The molecule has 0 bridgehead atoms. The molecule has 0 aliphatic carbocycles. The first-order valence-electron chi connectivity index (χ1n) is 5.58. The van der Waals surface area contributed by atoms with Gasteiger partial charge in [-0.25, -0.2) is 9.97 Å². The molecule has 1 aromatic heterocycles. The third kappa shape index (κ3) is 1.82. The molecule has 2 fully saturated rings. The number of anilines is 1. The third-order valence-corrected chi connectivity index (χ3v) is 3.95. The Morgan fingerprint density at radius 1 is 1.19 bits per heavy atom. The zero-order chi connectivity index (χ0) is 11.0. The molecule has 5 heteroatoms. The predicted molar refractivity (Wildman–Crippen MR) is 64.4 cm³/mol. The topological polar surface area (TPSA) is 38.2 Å². The molecular formula is C11H14BrN3O. The molecule has 0 atom stereocenters. The number of halogens is 1. The molecule has 4 nitrogen and oxygen atoms in total. The SMILES string of the molecule is Brc1cnc(N2CC3(CCOCC3)C2)cn1. The van der Waals surface area contributed by atoms with Gasteiger partial charge in [-0.3, -0.25) is 0 Å². The largest absolute Gasteiger partial charge is 0.381 e. The van der Waals surface area contributed by atoms with Gasteiger partial charge in [0.25, 0.3) is 0 Å². The van der Waals surface area contributed by atoms with Gasteiger partial charge in [0.2, 0.25) is 0 Å². The summed E-state index contributed by atoms with van der Waals surface area (Å²) in [5.41, 5.74) is 0.493. The summed E-state index contributed by atoms with van der Waals surface area (Å²) in [6, 6.07) is 0. The molecule has 0 aromatic carbocycles. The molecule has 1 spiro atoms. The van der Waals surface area contributed by atoms with Crippen molar-refractivity contribution in [2.24, 2.45) is 5.41 Å². The minimum atomic E-state index is 0.493. The number of rotatable bonds is 1. The minimum absolute atomic E-state index is 0.493. The highest BCUT2D eigenvalue weighted by molar-refractivity contribution is 9.10. The van der Waals surface area contributed by atoms with E-state index in [1.165, 1.54) is 12.8 Å². The molecule has 0 unspecified atom stereocenters. The van der Waals surface area contributed by atoms with Crippen LogP contribution in [0.15, 0.2) is 17.0 Å². The fourth-order valence-electron chi connectivity index (χ4n) is 2.51. The van der Waals surface area contributed by atoms with Crippen molar-refractivity contribution in [3.63, 3.8) is 0 Å². The molecular weight excluding hydrogens is 270 g/mol. The Labute approximate surface area is 103 Å². The number of ether oxygens (including phenoxy) is 1. The van der Waals surface area contributed by atoms with Crippen LogP contribution in [0.2, 0.25) is 0 Å². The summed E-state index contributed by atoms with van der Waals surface area (Å²) in [5, 5.41) is 0. The van der Waals surface area contributed by atoms with Gasteiger partial charge in [0.1, 0.15) is 10.4 Å². The van der Waals surface area contributed by atoms with E-state index < -0.39 is 0 Å². The van der Waals surface area contributed by atoms with E-state index in [0.717, 1.165) is 36.7 Å². The average Bonchev–Trinajstić information content (AvgIpc) is 2.28. The maximum atomic E-state index is 5.40. The quantitative estimate of drug-likeness (QED) is 0.789. The van der Waals surface area contributed by atoms with Crippen LogP contribution in [0.4, 0.5) is 5.82 Å². The van der Waals surface area contributed by atoms with Crippen molar-refractivity contribution in [3.05, 3.63) is 17.0 Å². The summed E-state index contributed by atoms with van der Waals surface area (Å²) >= 11 is 3.30. The van der Waals surface area contributed by atoms with Gasteiger partial charge in [-0.2, -0.15) is 0 Å². The fraction of sp³-hybridized carbons (Fsp3) is 0.636. The summed E-state index contributed by atoms with van der Waals surface area (Å²) in [6.07, 6.45) is 5.96. The zero-order valence-electron chi connectivity index (χ0n) is 9.03. The fourth-order valence-corrected chi connectivity index (χ4v) is 2.72. The standard InChI is InChI=1S/C11H14BrN3O/c12-9-5-14-10(6-13-9)15-7-11(8-15)1-3-16-4-2-11/h5-6H,1-4,7-8H2. The van der Waals surface area contributed by atoms with Crippen LogP contribution in [0.1, 0.15) is 12.8 Å². The van der Waals surface area contributed by atoms with Crippen LogP contribution in [-0.2, 0) is 4.74 Å². The first-order chi connectivity index (χ1) is 7.77. The van der Waals surface area contributed by atoms with Crippen LogP contribution in [0.25, 0.3) is 0 Å². The normalized spacial score (nSPS) is 23.2. The molecule has 2 aliphatic heterocycles. The van der Waals surface area contributed by atoms with E-state index in [1.54, 1.807) is 6.20 Å². The smallest absolute Gasteiger partial charge is 0.147 e. The molecule has 0 N–H and O–H groups in total. The highest BCUT2D eigenvalue weighted by Crippen LogP contribution is 2.41. The van der Waals surface area contributed by atoms with Crippen LogP contribution < -0.4 is 4.90 Å². The van der Waals surface area contributed by atoms with Gasteiger partial charge in [-0.15, -0.1) is 0 Å². The van der Waals surface area contributed by atoms with E-state index in [9.17, 15) is 0 Å². The maximum Gasteiger partial charge on any atom is 0.147 e. The Hall–Kier alpha value is -0.680. The molecule has 3 rings (SSSR count). The van der Waals surface area contributed by atoms with E-state index in [-0.39, 0.29) is 0 Å². The second-order valence-electron chi connectivity index (χ2n) is 4.67. The zero-order valence-corrected chi connectivity index (χ0v) is 10.6. The maximum absolute atomic E-state index is 5.40. The Bertz CT molecular complexity index is 367. The van der Waals surface area contributed by atoms with E-state index in [4.69, 9.17) is 4.74 Å². The summed E-state index contributed by atoms with van der Waals surface area (Å²) in [7, 11) is 0. The van der Waals surface area contributed by atoms with Crippen molar-refractivity contribution in [2.45, 2.75) is 12.8 Å². The molecule has 2 aliphatic rings. The number of hydrogen-bond acceptors (Lipinski definition) is 4. The lowest BCUT2D eigenvalue weighted by atomic mass is 9.73. The van der Waals surface area contributed by atoms with Gasteiger partial charge in [-0.05, 0) is 28.8 Å². The van der Waals surface area contributed by atoms with Gasteiger partial charge in [0, 0.05) is 31.7 Å². The first-order valence-corrected chi connectivity index (χ1v) is 6.37. The van der Waals surface area contributed by atoms with Gasteiger partial charge in [-0.1, -0.05) is 0 Å². The van der Waals surface area contributed by atoms with Crippen molar-refractivity contribution < 1.29 is 4.74 Å². The van der Waals surface area contributed by atoms with E-state index in [1.807, 2.05) is 6.20 Å². The minimum Gasteiger partial charge on any atom is -0.381 e. The molecule has 0 radical (unpaired) electrons. The van der Waals surface area contributed by atoms with E-state index in [0.29, 0.717) is 5.41 Å². The number of hydrogen-bond donors (Lipinski definition) is 0. The molecule has 0 saturated carbocycles. The van der Waals surface area contributed by atoms with Gasteiger partial charge >= 0.3 is 0 Å². The van der Waals surface area contributed by atoms with E-state index in [2.05, 4.69) is 30.8 Å². The summed E-state index contributed by atoms with van der Waals surface area (Å²) in [6.45, 7) is 4.04. The molecule has 1 aromatic rings. The second kappa shape index (κ2) is 3.96. The predicted octanol–water partition coefficient (Wildman–Crippen LogP) is 1.86. The van der Waals surface area contributed by atoms with Crippen molar-refractivity contribution in [1.82, 2.24) is 9.97 Å². The monoisotopic (exact) mass is 283 g/mol. The van der Waals surface area contributed by atoms with Crippen LogP contribution in [0.5, 0.6) is 0 Å². The van der Waals surface area contributed by atoms with Crippen molar-refractivity contribution >= 4 is 21.7 Å².